The minimum atomic E-state index is -1.19. The molecule has 0 spiro atoms. The minimum absolute atomic E-state index is 0.0437. The van der Waals surface area contributed by atoms with Crippen molar-refractivity contribution in [3.05, 3.63) is 180 Å². The van der Waals surface area contributed by atoms with Gasteiger partial charge in [0.15, 0.2) is 11.9 Å². The second kappa shape index (κ2) is 47.4. The number of carbonyl (C=O) groups is 14. The Kier molecular flexibility index (Phi) is 35.7. The van der Waals surface area contributed by atoms with Gasteiger partial charge < -0.3 is 107 Å². The van der Waals surface area contributed by atoms with Crippen LogP contribution in [0.3, 0.4) is 0 Å². The standard InChI is InChI=1S/C47H59N11O7.C44H61N11O7/c1-29(59)53-37(25-30-13-4-2-5-14-30)42(61)55-36-20-11-22-50-41(60)35(19-10-23-51-47(48)49)54-44(63)39(27-32-28-52-34-18-9-8-17-33(32)34)56-43(62)38(26-31-15-6-3-7-16-31)57-45(64)40-21-12-24-58(40)46(36)65;1-26(2)22-34-39(58)53-36(24-29-25-49-31-15-8-7-14-30(29)31)41(60)51-32(16-9-20-48-44(45)46)38(57)47-19-10-17-33(43(62)55-21-11-18-37(55)42(61)54-34)52-40(59)35(50-27(3)56)23-28-12-5-4-6-13-28/h2-9,13-18,28,35-40,52H,10-12,19-27H2,1H3,(H,50,60)(H,53,59)(H,54,63)(H,55,61)(H,56,62)(H,57,64)(H4,48,49,51);4-8,12-15,25-26,32-37,49H,9-11,16-24H2,1-3H3,(H,47,57)(H,50,56)(H,51,60)(H,52,59)(H,53,58)(H,54,61)(H4,45,46,48)/t35-,36-,37-,38+,39-,40-;32-,33-,34+,35-,36-,37-/m00/s1. The molecule has 11 rings (SSSR count). The van der Waals surface area contributed by atoms with Crippen molar-refractivity contribution in [2.45, 2.75) is 216 Å². The molecule has 14 amide bonds. The zero-order valence-electron chi connectivity index (χ0n) is 72.2. The van der Waals surface area contributed by atoms with E-state index in [-0.39, 0.29) is 134 Å². The molecular formula is C91H120N22O14. The van der Waals surface area contributed by atoms with Crippen molar-refractivity contribution < 1.29 is 67.1 Å². The van der Waals surface area contributed by atoms with Crippen molar-refractivity contribution in [2.24, 2.45) is 38.8 Å². The molecule has 127 heavy (non-hydrogen) atoms. The molecule has 6 heterocycles. The number of nitrogens with zero attached hydrogens (tertiary/aromatic N) is 4. The molecule has 4 saturated heterocycles. The van der Waals surface area contributed by atoms with Gasteiger partial charge in [0.25, 0.3) is 0 Å². The molecule has 36 heteroatoms. The number of aromatic nitrogens is 2. The Morgan fingerprint density at radius 1 is 0.417 bits per heavy atom. The molecular weight excluding hydrogens is 1630 g/mol. The monoisotopic (exact) mass is 1740 g/mol. The Morgan fingerprint density at radius 2 is 0.772 bits per heavy atom. The van der Waals surface area contributed by atoms with Crippen LogP contribution in [0.15, 0.2) is 162 Å². The summed E-state index contributed by atoms with van der Waals surface area (Å²) in [5, 5.41) is 35.8. The first-order chi connectivity index (χ1) is 61.0. The zero-order chi connectivity index (χ0) is 91.1. The third-order valence-corrected chi connectivity index (χ3v) is 22.7. The van der Waals surface area contributed by atoms with Crippen LogP contribution in [0.5, 0.6) is 0 Å². The van der Waals surface area contributed by atoms with E-state index in [0.717, 1.165) is 49.6 Å². The van der Waals surface area contributed by atoms with E-state index in [1.165, 1.54) is 23.6 Å². The van der Waals surface area contributed by atoms with Crippen LogP contribution in [0.25, 0.3) is 21.8 Å². The number of nitrogens with two attached hydrogens (primary N) is 4. The lowest BCUT2D eigenvalue weighted by atomic mass is 9.99. The molecule has 0 aliphatic carbocycles. The van der Waals surface area contributed by atoms with Gasteiger partial charge in [-0.1, -0.05) is 141 Å². The molecule has 36 nitrogen and oxygen atoms in total. The number of hydrogen-bond donors (Lipinski definition) is 18. The number of aromatic amines is 2. The fraction of sp³-hybridized carbons (Fsp3) is 0.451. The highest BCUT2D eigenvalue weighted by Gasteiger charge is 2.43. The fourth-order valence-corrected chi connectivity index (χ4v) is 16.3. The number of rotatable bonds is 26. The lowest BCUT2D eigenvalue weighted by Crippen LogP contribution is -2.60. The van der Waals surface area contributed by atoms with E-state index < -0.39 is 155 Å². The molecule has 678 valence electrons. The van der Waals surface area contributed by atoms with Gasteiger partial charge >= 0.3 is 0 Å². The topological polar surface area (TPSA) is 550 Å². The molecule has 0 saturated carbocycles. The quantitative estimate of drug-likeness (QED) is 0.0204. The largest absolute Gasteiger partial charge is 0.370 e. The van der Waals surface area contributed by atoms with Crippen LogP contribution in [0.4, 0.5) is 0 Å². The van der Waals surface area contributed by atoms with E-state index in [1.807, 2.05) is 153 Å². The Bertz CT molecular complexity index is 5040. The summed E-state index contributed by atoms with van der Waals surface area (Å²) in [6.07, 6.45) is 7.34. The van der Waals surface area contributed by atoms with Gasteiger partial charge in [-0.15, -0.1) is 0 Å². The Hall–Kier alpha value is -13.7. The maximum absolute atomic E-state index is 14.6. The van der Waals surface area contributed by atoms with Gasteiger partial charge in [-0.05, 0) is 129 Å². The van der Waals surface area contributed by atoms with Gasteiger partial charge in [0.2, 0.25) is 82.7 Å². The maximum Gasteiger partial charge on any atom is 0.245 e. The molecule has 12 atom stereocenters. The molecule has 5 aromatic carbocycles. The first-order valence-corrected chi connectivity index (χ1v) is 43.5. The molecule has 4 fully saturated rings. The predicted molar refractivity (Wildman–Crippen MR) is 478 cm³/mol. The summed E-state index contributed by atoms with van der Waals surface area (Å²) in [6.45, 7) is 7.34. The average molecular weight is 1750 g/mol. The fourth-order valence-electron chi connectivity index (χ4n) is 16.3. The number of fused-ring (bicyclic) bond motifs is 4. The molecule has 0 bridgehead atoms. The third-order valence-electron chi connectivity index (χ3n) is 22.7. The molecule has 22 N–H and O–H groups in total. The number of guanidine groups is 2. The van der Waals surface area contributed by atoms with Crippen molar-refractivity contribution in [3.63, 3.8) is 0 Å². The Labute approximate surface area is 737 Å². The maximum atomic E-state index is 14.6. The number of amides is 14. The van der Waals surface area contributed by atoms with Crippen LogP contribution in [-0.2, 0) is 99.2 Å². The second-order valence-electron chi connectivity index (χ2n) is 33.0. The van der Waals surface area contributed by atoms with Crippen molar-refractivity contribution >= 4 is 116 Å². The summed E-state index contributed by atoms with van der Waals surface area (Å²) >= 11 is 0. The van der Waals surface area contributed by atoms with Crippen LogP contribution in [0.2, 0.25) is 0 Å². The van der Waals surface area contributed by atoms with E-state index >= 15 is 0 Å². The lowest BCUT2D eigenvalue weighted by molar-refractivity contribution is -0.142. The number of hydrogen-bond acceptors (Lipinski definition) is 16. The van der Waals surface area contributed by atoms with Crippen molar-refractivity contribution in [1.29, 1.82) is 0 Å². The molecule has 0 unspecified atom stereocenters. The SMILES string of the molecule is CC(=O)N[C@@H](Cc1ccccc1)C(=O)N[C@H]1CCCNC(=O)[C@H](CCCN=C(N)N)NC(=O)[C@H](Cc2c[nH]c3ccccc23)NC(=O)[C@@H](CC(C)C)NC(=O)[C@@H]2CCCN2C1=O.CC(=O)N[C@@H](Cc1ccccc1)C(=O)N[C@H]1CCCNC(=O)[C@H](CCCN=C(N)N)NC(=O)[C@H](Cc2c[nH]c3ccccc23)NC(=O)[C@@H](Cc2ccccc2)NC(=O)[C@@H]2CCCN2C1=O. The Morgan fingerprint density at radius 3 is 1.17 bits per heavy atom. The minimum Gasteiger partial charge on any atom is -0.370 e. The summed E-state index contributed by atoms with van der Waals surface area (Å²) in [6, 6.07) is 29.4. The molecule has 4 aliphatic rings. The summed E-state index contributed by atoms with van der Waals surface area (Å²) in [4.78, 5) is 213. The zero-order valence-corrected chi connectivity index (χ0v) is 72.2. The highest BCUT2D eigenvalue weighted by atomic mass is 16.2. The second-order valence-corrected chi connectivity index (χ2v) is 33.0. The van der Waals surface area contributed by atoms with Gasteiger partial charge in [-0.25, -0.2) is 0 Å². The van der Waals surface area contributed by atoms with Gasteiger partial charge in [0.05, 0.1) is 0 Å². The summed E-state index contributed by atoms with van der Waals surface area (Å²) in [5.74, 6) is -7.99. The number of para-hydroxylation sites is 2. The Balaban J connectivity index is 0.000000265. The number of nitrogens with one attached hydrogen (secondary N) is 14. The third kappa shape index (κ3) is 28.7. The first-order valence-electron chi connectivity index (χ1n) is 43.5. The van der Waals surface area contributed by atoms with Gasteiger partial charge in [-0.2, -0.15) is 0 Å². The average Bonchev–Trinajstić information content (AvgIpc) is 1.72. The van der Waals surface area contributed by atoms with Crippen LogP contribution in [-0.4, -0.2) is 226 Å². The number of H-pyrrole nitrogens is 2. The summed E-state index contributed by atoms with van der Waals surface area (Å²) in [7, 11) is 0. The molecule has 0 radical (unpaired) electrons. The van der Waals surface area contributed by atoms with Crippen LogP contribution in [0.1, 0.15) is 139 Å². The smallest absolute Gasteiger partial charge is 0.245 e. The number of benzene rings is 5. The molecule has 7 aromatic rings. The normalized spacial score (nSPS) is 22.0. The van der Waals surface area contributed by atoms with Crippen molar-refractivity contribution in [1.82, 2.24) is 83.6 Å². The van der Waals surface area contributed by atoms with E-state index in [9.17, 15) is 67.1 Å². The predicted octanol–water partition coefficient (Wildman–Crippen LogP) is 0.992. The van der Waals surface area contributed by atoms with Crippen LogP contribution < -0.4 is 86.7 Å². The van der Waals surface area contributed by atoms with Gasteiger partial charge in [0, 0.05) is 119 Å². The van der Waals surface area contributed by atoms with E-state index in [1.54, 1.807) is 12.4 Å². The van der Waals surface area contributed by atoms with Crippen molar-refractivity contribution in [3.8, 4) is 0 Å². The highest BCUT2D eigenvalue weighted by molar-refractivity contribution is 6.01. The van der Waals surface area contributed by atoms with Gasteiger partial charge in [-0.3, -0.25) is 77.1 Å². The first kappa shape index (κ1) is 95.5. The highest BCUT2D eigenvalue weighted by Crippen LogP contribution is 2.26. The number of carbonyl (C=O) groups excluding carboxylic acids is 14. The molecule has 2 aromatic heterocycles. The summed E-state index contributed by atoms with van der Waals surface area (Å²) < 4.78 is 0. The number of aliphatic imine (C=N–C) groups is 2. The van der Waals surface area contributed by atoms with E-state index in [4.69, 9.17) is 22.9 Å². The van der Waals surface area contributed by atoms with E-state index in [2.05, 4.69) is 83.8 Å². The molecule has 4 aliphatic heterocycles. The van der Waals surface area contributed by atoms with Crippen LogP contribution >= 0.6 is 0 Å². The summed E-state index contributed by atoms with van der Waals surface area (Å²) in [5.41, 5.74) is 27.6. The van der Waals surface area contributed by atoms with Crippen molar-refractivity contribution in [2.75, 3.05) is 39.3 Å². The van der Waals surface area contributed by atoms with E-state index in [0.29, 0.717) is 38.5 Å². The lowest BCUT2D eigenvalue weighted by Gasteiger charge is -2.31. The van der Waals surface area contributed by atoms with Crippen LogP contribution in [0, 0.1) is 5.92 Å². The van der Waals surface area contributed by atoms with Gasteiger partial charge in [0.1, 0.15) is 72.5 Å².